The van der Waals surface area contributed by atoms with Crippen molar-refractivity contribution in [1.82, 2.24) is 4.31 Å². The standard InChI is InChI=1S/C12H19NO3S2/c1-3-9-16-11-4-6-12(7-5-11)18(14,15)13(2)8-10-17/h4-7,17H,3,8-10H2,1-2H3. The molecular weight excluding hydrogens is 270 g/mol. The van der Waals surface area contributed by atoms with Crippen molar-refractivity contribution in [3.63, 3.8) is 0 Å². The van der Waals surface area contributed by atoms with Crippen LogP contribution in [-0.4, -0.2) is 38.7 Å². The van der Waals surface area contributed by atoms with Gasteiger partial charge >= 0.3 is 0 Å². The van der Waals surface area contributed by atoms with Crippen molar-refractivity contribution >= 4 is 22.7 Å². The molecule has 0 N–H and O–H groups in total. The molecule has 0 aliphatic rings. The smallest absolute Gasteiger partial charge is 0.242 e. The highest BCUT2D eigenvalue weighted by Gasteiger charge is 2.19. The lowest BCUT2D eigenvalue weighted by Gasteiger charge is -2.16. The van der Waals surface area contributed by atoms with E-state index in [0.29, 0.717) is 24.7 Å². The lowest BCUT2D eigenvalue weighted by atomic mass is 10.3. The van der Waals surface area contributed by atoms with E-state index in [1.165, 1.54) is 4.31 Å². The zero-order valence-electron chi connectivity index (χ0n) is 10.7. The summed E-state index contributed by atoms with van der Waals surface area (Å²) in [5, 5.41) is 0. The zero-order chi connectivity index (χ0) is 13.6. The van der Waals surface area contributed by atoms with E-state index in [0.717, 1.165) is 6.42 Å². The minimum absolute atomic E-state index is 0.274. The van der Waals surface area contributed by atoms with Gasteiger partial charge in [0.15, 0.2) is 0 Å². The van der Waals surface area contributed by atoms with Crippen LogP contribution in [0.5, 0.6) is 5.75 Å². The predicted octanol–water partition coefficient (Wildman–Crippen LogP) is 2.03. The van der Waals surface area contributed by atoms with Gasteiger partial charge in [-0.15, -0.1) is 0 Å². The van der Waals surface area contributed by atoms with Gasteiger partial charge in [-0.05, 0) is 30.7 Å². The van der Waals surface area contributed by atoms with E-state index in [9.17, 15) is 8.42 Å². The van der Waals surface area contributed by atoms with E-state index < -0.39 is 10.0 Å². The molecule has 0 heterocycles. The number of ether oxygens (including phenoxy) is 1. The topological polar surface area (TPSA) is 46.6 Å². The van der Waals surface area contributed by atoms with Crippen LogP contribution < -0.4 is 4.74 Å². The average molecular weight is 289 g/mol. The summed E-state index contributed by atoms with van der Waals surface area (Å²) in [4.78, 5) is 0.274. The summed E-state index contributed by atoms with van der Waals surface area (Å²) >= 11 is 4.03. The third-order valence-electron chi connectivity index (χ3n) is 2.42. The summed E-state index contributed by atoms with van der Waals surface area (Å²) < 4.78 is 30.9. The Morgan fingerprint density at radius 3 is 2.39 bits per heavy atom. The highest BCUT2D eigenvalue weighted by atomic mass is 32.2. The van der Waals surface area contributed by atoms with E-state index in [4.69, 9.17) is 4.74 Å². The van der Waals surface area contributed by atoms with E-state index in [2.05, 4.69) is 12.6 Å². The number of thiol groups is 1. The van der Waals surface area contributed by atoms with Gasteiger partial charge in [-0.2, -0.15) is 12.6 Å². The molecule has 0 saturated heterocycles. The van der Waals surface area contributed by atoms with Gasteiger partial charge < -0.3 is 4.74 Å². The molecule has 0 aliphatic heterocycles. The Hall–Kier alpha value is -0.720. The highest BCUT2D eigenvalue weighted by molar-refractivity contribution is 7.89. The van der Waals surface area contributed by atoms with Crippen LogP contribution in [0.25, 0.3) is 0 Å². The molecule has 0 atom stereocenters. The van der Waals surface area contributed by atoms with Crippen LogP contribution in [0.15, 0.2) is 29.2 Å². The van der Waals surface area contributed by atoms with Crippen molar-refractivity contribution in [1.29, 1.82) is 0 Å². The lowest BCUT2D eigenvalue weighted by molar-refractivity contribution is 0.317. The zero-order valence-corrected chi connectivity index (χ0v) is 12.4. The molecule has 102 valence electrons. The second-order valence-electron chi connectivity index (χ2n) is 3.87. The Kier molecular flexibility index (Phi) is 5.98. The number of hydrogen-bond acceptors (Lipinski definition) is 4. The quantitative estimate of drug-likeness (QED) is 0.781. The van der Waals surface area contributed by atoms with Crippen LogP contribution in [-0.2, 0) is 10.0 Å². The largest absolute Gasteiger partial charge is 0.494 e. The van der Waals surface area contributed by atoms with Crippen LogP contribution in [0.2, 0.25) is 0 Å². The Labute approximate surface area is 114 Å². The Morgan fingerprint density at radius 2 is 1.89 bits per heavy atom. The van der Waals surface area contributed by atoms with Gasteiger partial charge in [0.2, 0.25) is 10.0 Å². The molecule has 0 spiro atoms. The maximum absolute atomic E-state index is 12.1. The fraction of sp³-hybridized carbons (Fsp3) is 0.500. The first kappa shape index (κ1) is 15.3. The Bertz CT molecular complexity index is 457. The number of rotatable bonds is 7. The van der Waals surface area contributed by atoms with Gasteiger partial charge in [0.25, 0.3) is 0 Å². The average Bonchev–Trinajstić information content (AvgIpc) is 2.37. The van der Waals surface area contributed by atoms with Gasteiger partial charge in [0, 0.05) is 19.3 Å². The molecule has 4 nitrogen and oxygen atoms in total. The minimum Gasteiger partial charge on any atom is -0.494 e. The summed E-state index contributed by atoms with van der Waals surface area (Å²) in [6.07, 6.45) is 0.921. The van der Waals surface area contributed by atoms with E-state index in [1.54, 1.807) is 31.3 Å². The molecule has 6 heteroatoms. The SMILES string of the molecule is CCCOc1ccc(S(=O)(=O)N(C)CCS)cc1. The second-order valence-corrected chi connectivity index (χ2v) is 6.36. The van der Waals surface area contributed by atoms with Crippen molar-refractivity contribution in [3.8, 4) is 5.75 Å². The second kappa shape index (κ2) is 7.01. The maximum atomic E-state index is 12.1. The first-order valence-electron chi connectivity index (χ1n) is 5.82. The van der Waals surface area contributed by atoms with Crippen molar-refractivity contribution in [3.05, 3.63) is 24.3 Å². The van der Waals surface area contributed by atoms with Gasteiger partial charge in [-0.25, -0.2) is 12.7 Å². The van der Waals surface area contributed by atoms with Gasteiger partial charge in [0.05, 0.1) is 11.5 Å². The molecule has 0 aromatic heterocycles. The highest BCUT2D eigenvalue weighted by Crippen LogP contribution is 2.18. The predicted molar refractivity (Wildman–Crippen MR) is 75.9 cm³/mol. The minimum atomic E-state index is -3.41. The molecule has 1 rings (SSSR count). The summed E-state index contributed by atoms with van der Waals surface area (Å²) in [5.74, 6) is 1.18. The van der Waals surface area contributed by atoms with Crippen molar-refractivity contribution in [2.45, 2.75) is 18.2 Å². The molecule has 0 radical (unpaired) electrons. The lowest BCUT2D eigenvalue weighted by Crippen LogP contribution is -2.28. The van der Waals surface area contributed by atoms with Gasteiger partial charge in [-0.3, -0.25) is 0 Å². The van der Waals surface area contributed by atoms with Crippen molar-refractivity contribution < 1.29 is 13.2 Å². The first-order chi connectivity index (χ1) is 8.52. The molecule has 0 unspecified atom stereocenters. The van der Waals surface area contributed by atoms with Crippen LogP contribution in [0.3, 0.4) is 0 Å². The Morgan fingerprint density at radius 1 is 1.28 bits per heavy atom. The maximum Gasteiger partial charge on any atom is 0.242 e. The third-order valence-corrected chi connectivity index (χ3v) is 4.49. The monoisotopic (exact) mass is 289 g/mol. The number of benzene rings is 1. The van der Waals surface area contributed by atoms with Crippen LogP contribution in [0, 0.1) is 0 Å². The fourth-order valence-electron chi connectivity index (χ4n) is 1.37. The molecule has 0 saturated carbocycles. The van der Waals surface area contributed by atoms with Crippen LogP contribution in [0.4, 0.5) is 0 Å². The Balaban J connectivity index is 2.84. The number of nitrogens with zero attached hydrogens (tertiary/aromatic N) is 1. The molecular formula is C12H19NO3S2. The summed E-state index contributed by atoms with van der Waals surface area (Å²) in [7, 11) is -1.86. The van der Waals surface area contributed by atoms with E-state index >= 15 is 0 Å². The number of hydrogen-bond donors (Lipinski definition) is 1. The van der Waals surface area contributed by atoms with Crippen LogP contribution >= 0.6 is 12.6 Å². The van der Waals surface area contributed by atoms with Gasteiger partial charge in [0.1, 0.15) is 5.75 Å². The number of sulfonamides is 1. The molecule has 0 aliphatic carbocycles. The van der Waals surface area contributed by atoms with Crippen LogP contribution in [0.1, 0.15) is 13.3 Å². The third kappa shape index (κ3) is 3.90. The molecule has 0 fully saturated rings. The summed E-state index contributed by atoms with van der Waals surface area (Å²) in [6, 6.07) is 6.48. The fourth-order valence-corrected chi connectivity index (χ4v) is 2.98. The van der Waals surface area contributed by atoms with Crippen molar-refractivity contribution in [2.75, 3.05) is 26.0 Å². The summed E-state index contributed by atoms with van der Waals surface area (Å²) in [6.45, 7) is 3.04. The van der Waals surface area contributed by atoms with Gasteiger partial charge in [-0.1, -0.05) is 6.92 Å². The molecule has 1 aromatic carbocycles. The molecule has 1 aromatic rings. The molecule has 0 amide bonds. The first-order valence-corrected chi connectivity index (χ1v) is 7.89. The summed E-state index contributed by atoms with van der Waals surface area (Å²) in [5.41, 5.74) is 0. The van der Waals surface area contributed by atoms with Crippen molar-refractivity contribution in [2.24, 2.45) is 0 Å². The van der Waals surface area contributed by atoms with E-state index in [-0.39, 0.29) is 4.90 Å². The normalized spacial score (nSPS) is 11.8. The molecule has 18 heavy (non-hydrogen) atoms. The van der Waals surface area contributed by atoms with E-state index in [1.807, 2.05) is 6.92 Å². The molecule has 0 bridgehead atoms.